The first kappa shape index (κ1) is 28.9. The van der Waals surface area contributed by atoms with Crippen molar-refractivity contribution in [3.05, 3.63) is 83.9 Å². The predicted octanol–water partition coefficient (Wildman–Crippen LogP) is 6.27. The van der Waals surface area contributed by atoms with Gasteiger partial charge in [0.15, 0.2) is 11.0 Å². The lowest BCUT2D eigenvalue weighted by molar-refractivity contribution is -0.118. The minimum atomic E-state index is -0.246. The van der Waals surface area contributed by atoms with E-state index in [2.05, 4.69) is 72.7 Å². The molecule has 1 N–H and O–H groups in total. The molecule has 9 heteroatoms. The van der Waals surface area contributed by atoms with E-state index in [0.717, 1.165) is 34.7 Å². The van der Waals surface area contributed by atoms with E-state index in [4.69, 9.17) is 9.47 Å². The first-order chi connectivity index (χ1) is 19.3. The van der Waals surface area contributed by atoms with Crippen molar-refractivity contribution in [2.75, 3.05) is 19.5 Å². The van der Waals surface area contributed by atoms with E-state index in [1.807, 2.05) is 53.1 Å². The average molecular weight is 558 g/mol. The van der Waals surface area contributed by atoms with Crippen molar-refractivity contribution >= 4 is 23.9 Å². The maximum Gasteiger partial charge on any atom is 0.250 e. The van der Waals surface area contributed by atoms with Crippen LogP contribution in [-0.2, 0) is 10.2 Å². The third-order valence-electron chi connectivity index (χ3n) is 6.06. The van der Waals surface area contributed by atoms with Crippen LogP contribution in [0.5, 0.6) is 11.5 Å². The second-order valence-corrected chi connectivity index (χ2v) is 11.1. The fourth-order valence-electron chi connectivity index (χ4n) is 3.84. The molecule has 0 aliphatic heterocycles. The van der Waals surface area contributed by atoms with Gasteiger partial charge in [0.05, 0.1) is 25.7 Å². The summed E-state index contributed by atoms with van der Waals surface area (Å²) in [5.74, 6) is 2.13. The van der Waals surface area contributed by atoms with Gasteiger partial charge in [-0.15, -0.1) is 10.2 Å². The van der Waals surface area contributed by atoms with Crippen LogP contribution in [0.2, 0.25) is 0 Å². The number of methoxy groups -OCH3 is 1. The van der Waals surface area contributed by atoms with Gasteiger partial charge in [-0.25, -0.2) is 5.43 Å². The van der Waals surface area contributed by atoms with Crippen molar-refractivity contribution in [3.63, 3.8) is 0 Å². The molecular formula is C31H35N5O3S. The largest absolute Gasteiger partial charge is 0.497 e. The van der Waals surface area contributed by atoms with Crippen molar-refractivity contribution in [2.45, 2.75) is 44.7 Å². The third-order valence-corrected chi connectivity index (χ3v) is 6.99. The number of hydrogen-bond acceptors (Lipinski definition) is 7. The number of carbonyl (C=O) groups excluding carboxylic acids is 1. The Morgan fingerprint density at radius 2 is 1.65 bits per heavy atom. The molecule has 0 atom stereocenters. The number of thioether (sulfide) groups is 1. The number of carbonyl (C=O) groups is 1. The Hall–Kier alpha value is -4.11. The Balaban J connectivity index is 1.48. The van der Waals surface area contributed by atoms with Gasteiger partial charge in [-0.05, 0) is 71.5 Å². The van der Waals surface area contributed by atoms with E-state index < -0.39 is 0 Å². The minimum Gasteiger partial charge on any atom is -0.497 e. The summed E-state index contributed by atoms with van der Waals surface area (Å²) in [7, 11) is 1.63. The molecule has 0 saturated carbocycles. The Morgan fingerprint density at radius 3 is 2.27 bits per heavy atom. The highest BCUT2D eigenvalue weighted by Crippen LogP contribution is 2.30. The quantitative estimate of drug-likeness (QED) is 0.133. The van der Waals surface area contributed by atoms with Gasteiger partial charge in [-0.2, -0.15) is 5.10 Å². The lowest BCUT2D eigenvalue weighted by Crippen LogP contribution is -2.20. The molecule has 0 unspecified atom stereocenters. The van der Waals surface area contributed by atoms with Gasteiger partial charge in [0, 0.05) is 11.3 Å². The molecule has 4 aromatic rings. The molecular weight excluding hydrogens is 522 g/mol. The SMILES string of the molecule is CCCOc1ccc(/C=N/NC(=O)CSc2nnc(-c3ccc(C(C)(C)C)cc3)n2-c2ccc(OC)cc2)cc1. The molecule has 1 aromatic heterocycles. The molecule has 8 nitrogen and oxygen atoms in total. The van der Waals surface area contributed by atoms with Gasteiger partial charge in [-0.3, -0.25) is 9.36 Å². The van der Waals surface area contributed by atoms with Gasteiger partial charge in [0.1, 0.15) is 11.5 Å². The van der Waals surface area contributed by atoms with E-state index in [0.29, 0.717) is 17.6 Å². The van der Waals surface area contributed by atoms with Crippen LogP contribution in [0.25, 0.3) is 17.1 Å². The van der Waals surface area contributed by atoms with Gasteiger partial charge in [0.25, 0.3) is 5.91 Å². The zero-order valence-corrected chi connectivity index (χ0v) is 24.4. The number of nitrogens with zero attached hydrogens (tertiary/aromatic N) is 4. The fourth-order valence-corrected chi connectivity index (χ4v) is 4.59. The maximum absolute atomic E-state index is 12.6. The normalized spacial score (nSPS) is 11.5. The van der Waals surface area contributed by atoms with Crippen molar-refractivity contribution < 1.29 is 14.3 Å². The van der Waals surface area contributed by atoms with Crippen LogP contribution in [0.4, 0.5) is 0 Å². The highest BCUT2D eigenvalue weighted by molar-refractivity contribution is 7.99. The smallest absolute Gasteiger partial charge is 0.250 e. The van der Waals surface area contributed by atoms with Crippen molar-refractivity contribution in [1.29, 1.82) is 0 Å². The van der Waals surface area contributed by atoms with Crippen molar-refractivity contribution in [3.8, 4) is 28.6 Å². The van der Waals surface area contributed by atoms with E-state index >= 15 is 0 Å². The van der Waals surface area contributed by atoms with E-state index in [-0.39, 0.29) is 17.1 Å². The van der Waals surface area contributed by atoms with E-state index in [1.54, 1.807) is 13.3 Å². The minimum absolute atomic E-state index is 0.0472. The number of nitrogens with one attached hydrogen (secondary N) is 1. The highest BCUT2D eigenvalue weighted by atomic mass is 32.2. The number of amides is 1. The van der Waals surface area contributed by atoms with Crippen molar-refractivity contribution in [2.24, 2.45) is 5.10 Å². The summed E-state index contributed by atoms with van der Waals surface area (Å²) in [5.41, 5.74) is 6.53. The van der Waals surface area contributed by atoms with Crippen molar-refractivity contribution in [1.82, 2.24) is 20.2 Å². The zero-order chi connectivity index (χ0) is 28.5. The van der Waals surface area contributed by atoms with Crippen LogP contribution in [0.15, 0.2) is 83.1 Å². The first-order valence-electron chi connectivity index (χ1n) is 13.2. The fraction of sp³-hybridized carbons (Fsp3) is 0.290. The molecule has 0 aliphatic carbocycles. The first-order valence-corrected chi connectivity index (χ1v) is 14.2. The number of ether oxygens (including phenoxy) is 2. The van der Waals surface area contributed by atoms with Crippen LogP contribution in [0, 0.1) is 0 Å². The van der Waals surface area contributed by atoms with Gasteiger partial charge < -0.3 is 9.47 Å². The molecule has 0 aliphatic rings. The summed E-state index contributed by atoms with van der Waals surface area (Å²) in [4.78, 5) is 12.6. The Bertz CT molecular complexity index is 1420. The molecule has 0 radical (unpaired) electrons. The monoisotopic (exact) mass is 557 g/mol. The molecule has 4 rings (SSSR count). The molecule has 40 heavy (non-hydrogen) atoms. The van der Waals surface area contributed by atoms with Crippen LogP contribution >= 0.6 is 11.8 Å². The topological polar surface area (TPSA) is 90.6 Å². The Kier molecular flexibility index (Phi) is 9.60. The number of rotatable bonds is 11. The number of benzene rings is 3. The average Bonchev–Trinajstić information content (AvgIpc) is 3.39. The molecule has 0 saturated heterocycles. The second kappa shape index (κ2) is 13.3. The summed E-state index contributed by atoms with van der Waals surface area (Å²) < 4.78 is 12.9. The zero-order valence-electron chi connectivity index (χ0n) is 23.5. The van der Waals surface area contributed by atoms with E-state index in [9.17, 15) is 4.79 Å². The molecule has 1 heterocycles. The Morgan fingerprint density at radius 1 is 0.975 bits per heavy atom. The molecule has 0 bridgehead atoms. The number of hydrazone groups is 1. The molecule has 3 aromatic carbocycles. The molecule has 0 spiro atoms. The summed E-state index contributed by atoms with van der Waals surface area (Å²) >= 11 is 1.29. The van der Waals surface area contributed by atoms with Crippen LogP contribution < -0.4 is 14.9 Å². The molecule has 1 amide bonds. The van der Waals surface area contributed by atoms with E-state index in [1.165, 1.54) is 17.3 Å². The van der Waals surface area contributed by atoms with Crippen LogP contribution in [0.3, 0.4) is 0 Å². The third kappa shape index (κ3) is 7.51. The Labute approximate surface area is 239 Å². The lowest BCUT2D eigenvalue weighted by Gasteiger charge is -2.19. The number of aromatic nitrogens is 3. The maximum atomic E-state index is 12.6. The van der Waals surface area contributed by atoms with Gasteiger partial charge in [-0.1, -0.05) is 63.7 Å². The summed E-state index contributed by atoms with van der Waals surface area (Å²) in [5, 5.41) is 13.6. The van der Waals surface area contributed by atoms with Gasteiger partial charge in [0.2, 0.25) is 0 Å². The number of hydrogen-bond donors (Lipinski definition) is 1. The summed E-state index contributed by atoms with van der Waals surface area (Å²) in [6.07, 6.45) is 2.56. The second-order valence-electron chi connectivity index (χ2n) is 10.2. The summed E-state index contributed by atoms with van der Waals surface area (Å²) in [6.45, 7) is 9.30. The van der Waals surface area contributed by atoms with Crippen LogP contribution in [-0.4, -0.2) is 46.4 Å². The molecule has 0 fully saturated rings. The predicted molar refractivity (Wildman–Crippen MR) is 161 cm³/mol. The molecule has 208 valence electrons. The summed E-state index contributed by atoms with van der Waals surface area (Å²) in [6, 6.07) is 23.6. The van der Waals surface area contributed by atoms with Crippen LogP contribution in [0.1, 0.15) is 45.2 Å². The van der Waals surface area contributed by atoms with Gasteiger partial charge >= 0.3 is 0 Å². The highest BCUT2D eigenvalue weighted by Gasteiger charge is 2.19. The lowest BCUT2D eigenvalue weighted by atomic mass is 9.87. The standard InChI is InChI=1S/C31H35N5O3S/c1-6-19-39-27-15-7-22(8-16-27)20-32-33-28(37)21-40-30-35-34-29(23-9-11-24(12-10-23)31(2,3)4)36(30)25-13-17-26(38-5)18-14-25/h7-18,20H,6,19,21H2,1-5H3,(H,33,37)/b32-20+.